The zero-order valence-electron chi connectivity index (χ0n) is 14.5. The van der Waals surface area contributed by atoms with Crippen molar-refractivity contribution in [3.63, 3.8) is 0 Å². The number of amides is 2. The van der Waals surface area contributed by atoms with E-state index in [4.69, 9.17) is 0 Å². The minimum absolute atomic E-state index is 0.205. The molecule has 0 radical (unpaired) electrons. The summed E-state index contributed by atoms with van der Waals surface area (Å²) in [5.41, 5.74) is 3.04. The van der Waals surface area contributed by atoms with E-state index in [-0.39, 0.29) is 13.0 Å². The molecule has 2 amide bonds. The van der Waals surface area contributed by atoms with Crippen molar-refractivity contribution in [1.29, 1.82) is 0 Å². The van der Waals surface area contributed by atoms with Crippen LogP contribution in [-0.4, -0.2) is 53.4 Å². The first-order valence-electron chi connectivity index (χ1n) is 7.64. The Bertz CT molecular complexity index is 664. The molecule has 1 aromatic carbocycles. The fourth-order valence-corrected chi connectivity index (χ4v) is 2.28. The highest BCUT2D eigenvalue weighted by molar-refractivity contribution is 6.43. The van der Waals surface area contributed by atoms with E-state index in [1.807, 2.05) is 32.0 Å². The molecule has 0 bridgehead atoms. The van der Waals surface area contributed by atoms with E-state index < -0.39 is 24.9 Å². The molecule has 0 aliphatic rings. The average Bonchev–Trinajstić information content (AvgIpc) is 2.49. The van der Waals surface area contributed by atoms with Gasteiger partial charge in [-0.25, -0.2) is 0 Å². The van der Waals surface area contributed by atoms with E-state index in [1.54, 1.807) is 0 Å². The Hall–Kier alpha value is -2.30. The van der Waals surface area contributed by atoms with Crippen molar-refractivity contribution in [2.75, 3.05) is 13.6 Å². The molecule has 1 unspecified atom stereocenters. The van der Waals surface area contributed by atoms with Crippen LogP contribution in [0.2, 0.25) is 0 Å². The first-order chi connectivity index (χ1) is 11.2. The van der Waals surface area contributed by atoms with Gasteiger partial charge in [0.1, 0.15) is 6.54 Å². The lowest BCUT2D eigenvalue weighted by Gasteiger charge is -2.21. The van der Waals surface area contributed by atoms with Crippen LogP contribution in [0.5, 0.6) is 0 Å². The highest BCUT2D eigenvalue weighted by atomic mass is 16.4. The number of benzene rings is 1. The van der Waals surface area contributed by atoms with Crippen LogP contribution in [-0.2, 0) is 16.0 Å². The molecule has 0 saturated carbocycles. The summed E-state index contributed by atoms with van der Waals surface area (Å²) in [4.78, 5) is 24.7. The van der Waals surface area contributed by atoms with Crippen LogP contribution in [0.25, 0.3) is 0 Å². The number of carbonyl (C=O) groups is 2. The Morgan fingerprint density at radius 3 is 2.54 bits per heavy atom. The Morgan fingerprint density at radius 2 is 2.00 bits per heavy atom. The standard InChI is InChI=1S/C17H23BN2O4/c1-5-6-17(22)20(4)11-16(21)19-15(18(23)24)10-14-8-7-12(2)9-13(14)3/h7-9,15,23-24H,10-11H2,1-4H3,(H,19,21). The average molecular weight is 330 g/mol. The van der Waals surface area contributed by atoms with Crippen molar-refractivity contribution < 1.29 is 19.6 Å². The molecular formula is C17H23BN2O4. The number of likely N-dealkylation sites (N-methyl/N-ethyl adjacent to an activating group) is 1. The zero-order chi connectivity index (χ0) is 18.3. The fourth-order valence-electron chi connectivity index (χ4n) is 2.28. The summed E-state index contributed by atoms with van der Waals surface area (Å²) in [6.07, 6.45) is 0.280. The van der Waals surface area contributed by atoms with Gasteiger partial charge in [0, 0.05) is 7.05 Å². The monoisotopic (exact) mass is 330 g/mol. The number of rotatable bonds is 6. The first kappa shape index (κ1) is 19.8. The third-order valence-electron chi connectivity index (χ3n) is 3.60. The van der Waals surface area contributed by atoms with Gasteiger partial charge in [0.15, 0.2) is 0 Å². The molecule has 3 N–H and O–H groups in total. The van der Waals surface area contributed by atoms with Crippen LogP contribution < -0.4 is 5.32 Å². The summed E-state index contributed by atoms with van der Waals surface area (Å²) in [6.45, 7) is 5.24. The molecule has 128 valence electrons. The molecular weight excluding hydrogens is 307 g/mol. The fraction of sp³-hybridized carbons (Fsp3) is 0.412. The SMILES string of the molecule is CC#CC(=O)N(C)CC(=O)NC(Cc1ccc(C)cc1C)B(O)O. The summed E-state index contributed by atoms with van der Waals surface area (Å²) in [6, 6.07) is 5.83. The van der Waals surface area contributed by atoms with Crippen molar-refractivity contribution in [2.24, 2.45) is 0 Å². The van der Waals surface area contributed by atoms with Gasteiger partial charge in [0.2, 0.25) is 5.91 Å². The molecule has 0 aliphatic carbocycles. The van der Waals surface area contributed by atoms with Crippen molar-refractivity contribution in [3.8, 4) is 11.8 Å². The Balaban J connectivity index is 2.73. The van der Waals surface area contributed by atoms with Crippen LogP contribution >= 0.6 is 0 Å². The number of hydrogen-bond donors (Lipinski definition) is 3. The van der Waals surface area contributed by atoms with Crippen molar-refractivity contribution in [3.05, 3.63) is 34.9 Å². The van der Waals surface area contributed by atoms with Gasteiger partial charge >= 0.3 is 7.12 Å². The van der Waals surface area contributed by atoms with Gasteiger partial charge in [0.25, 0.3) is 5.91 Å². The molecule has 0 heterocycles. The lowest BCUT2D eigenvalue weighted by molar-refractivity contribution is -0.130. The van der Waals surface area contributed by atoms with E-state index in [0.29, 0.717) is 0 Å². The largest absolute Gasteiger partial charge is 0.475 e. The molecule has 24 heavy (non-hydrogen) atoms. The highest BCUT2D eigenvalue weighted by Crippen LogP contribution is 2.13. The third kappa shape index (κ3) is 6.07. The quantitative estimate of drug-likeness (QED) is 0.499. The van der Waals surface area contributed by atoms with Crippen LogP contribution in [0, 0.1) is 25.7 Å². The predicted octanol–water partition coefficient (Wildman–Crippen LogP) is -0.176. The maximum Gasteiger partial charge on any atom is 0.475 e. The molecule has 1 atom stereocenters. The Kier molecular flexibility index (Phi) is 7.50. The highest BCUT2D eigenvalue weighted by Gasteiger charge is 2.26. The smallest absolute Gasteiger partial charge is 0.426 e. The van der Waals surface area contributed by atoms with Crippen molar-refractivity contribution >= 4 is 18.9 Å². The van der Waals surface area contributed by atoms with Gasteiger partial charge in [0.05, 0.1) is 5.94 Å². The van der Waals surface area contributed by atoms with Gasteiger partial charge in [-0.2, -0.15) is 0 Å². The van der Waals surface area contributed by atoms with Crippen molar-refractivity contribution in [1.82, 2.24) is 10.2 Å². The topological polar surface area (TPSA) is 89.9 Å². The summed E-state index contributed by atoms with van der Waals surface area (Å²) < 4.78 is 0. The predicted molar refractivity (Wildman–Crippen MR) is 92.8 cm³/mol. The Labute approximate surface area is 143 Å². The van der Waals surface area contributed by atoms with E-state index in [9.17, 15) is 19.6 Å². The van der Waals surface area contributed by atoms with E-state index >= 15 is 0 Å². The molecule has 7 heteroatoms. The van der Waals surface area contributed by atoms with Crippen LogP contribution in [0.15, 0.2) is 18.2 Å². The van der Waals surface area contributed by atoms with E-state index in [2.05, 4.69) is 17.2 Å². The molecule has 0 saturated heterocycles. The lowest BCUT2D eigenvalue weighted by atomic mass is 9.75. The minimum atomic E-state index is -1.70. The number of carbonyl (C=O) groups excluding carboxylic acids is 2. The summed E-state index contributed by atoms with van der Waals surface area (Å²) in [5.74, 6) is 3.00. The molecule has 0 spiro atoms. The van der Waals surface area contributed by atoms with Crippen molar-refractivity contribution in [2.45, 2.75) is 33.1 Å². The summed E-state index contributed by atoms with van der Waals surface area (Å²) in [5, 5.41) is 21.6. The maximum atomic E-state index is 12.0. The number of nitrogens with zero attached hydrogens (tertiary/aromatic N) is 1. The van der Waals surface area contributed by atoms with Crippen LogP contribution in [0.3, 0.4) is 0 Å². The zero-order valence-corrected chi connectivity index (χ0v) is 14.5. The van der Waals surface area contributed by atoms with Gasteiger partial charge in [-0.3, -0.25) is 9.59 Å². The normalized spacial score (nSPS) is 11.1. The van der Waals surface area contributed by atoms with Crippen LogP contribution in [0.1, 0.15) is 23.6 Å². The number of nitrogens with one attached hydrogen (secondary N) is 1. The number of hydrogen-bond acceptors (Lipinski definition) is 4. The second kappa shape index (κ2) is 9.11. The maximum absolute atomic E-state index is 12.0. The van der Waals surface area contributed by atoms with Gasteiger partial charge in [-0.15, -0.1) is 0 Å². The van der Waals surface area contributed by atoms with Gasteiger partial charge in [-0.05, 0) is 44.2 Å². The van der Waals surface area contributed by atoms with Gasteiger partial charge < -0.3 is 20.3 Å². The van der Waals surface area contributed by atoms with E-state index in [0.717, 1.165) is 16.7 Å². The lowest BCUT2D eigenvalue weighted by Crippen LogP contribution is -2.50. The number of aryl methyl sites for hydroxylation is 2. The second-order valence-electron chi connectivity index (χ2n) is 5.76. The molecule has 0 fully saturated rings. The first-order valence-corrected chi connectivity index (χ1v) is 7.64. The Morgan fingerprint density at radius 1 is 1.33 bits per heavy atom. The molecule has 6 nitrogen and oxygen atoms in total. The molecule has 1 rings (SSSR count). The third-order valence-corrected chi connectivity index (χ3v) is 3.60. The van der Waals surface area contributed by atoms with E-state index in [1.165, 1.54) is 18.9 Å². The molecule has 1 aromatic rings. The summed E-state index contributed by atoms with van der Waals surface area (Å²) in [7, 11) is -0.244. The molecule has 0 aromatic heterocycles. The molecule has 0 aliphatic heterocycles. The van der Waals surface area contributed by atoms with Gasteiger partial charge in [-0.1, -0.05) is 29.7 Å². The second-order valence-corrected chi connectivity index (χ2v) is 5.76. The minimum Gasteiger partial charge on any atom is -0.426 e. The summed E-state index contributed by atoms with van der Waals surface area (Å²) >= 11 is 0. The van der Waals surface area contributed by atoms with Crippen LogP contribution in [0.4, 0.5) is 0 Å².